The number of primary amides is 1. The topological polar surface area (TPSA) is 236 Å². The fourth-order valence-electron chi connectivity index (χ4n) is 8.34. The van der Waals surface area contributed by atoms with E-state index in [1.54, 1.807) is 12.1 Å². The highest BCUT2D eigenvalue weighted by atomic mass is 16.5. The monoisotopic (exact) mass is 849 g/mol. The number of anilines is 2. The number of pyridine rings is 1. The molecule has 1 aromatic heterocycles. The van der Waals surface area contributed by atoms with Crippen molar-refractivity contribution in [1.82, 2.24) is 25.8 Å². The molecule has 7 amide bonds. The fraction of sp³-hybridized carbons (Fsp3) is 0.255. The van der Waals surface area contributed by atoms with Gasteiger partial charge in [0.1, 0.15) is 11.8 Å². The van der Waals surface area contributed by atoms with Crippen molar-refractivity contribution in [3.05, 3.63) is 119 Å². The van der Waals surface area contributed by atoms with Crippen LogP contribution >= 0.6 is 0 Å². The maximum absolute atomic E-state index is 13.3. The Bertz CT molecular complexity index is 2680. The Hall–Kier alpha value is -7.75. The summed E-state index contributed by atoms with van der Waals surface area (Å²) in [6, 6.07) is 25.6. The van der Waals surface area contributed by atoms with E-state index in [4.69, 9.17) is 10.5 Å². The van der Waals surface area contributed by atoms with Crippen molar-refractivity contribution in [3.8, 4) is 16.9 Å². The number of Topliss-reactive ketones (excluding diaryl/α,β-unsaturated/α-hetero) is 1. The third-order valence-electron chi connectivity index (χ3n) is 11.6. The lowest BCUT2D eigenvalue weighted by molar-refractivity contribution is -0.136. The molecule has 0 radical (unpaired) electrons. The van der Waals surface area contributed by atoms with Crippen LogP contribution < -0.4 is 31.7 Å². The van der Waals surface area contributed by atoms with E-state index in [9.17, 15) is 38.4 Å². The summed E-state index contributed by atoms with van der Waals surface area (Å²) in [5.74, 6) is -4.15. The van der Waals surface area contributed by atoms with Gasteiger partial charge >= 0.3 is 0 Å². The van der Waals surface area contributed by atoms with Crippen LogP contribution in [0, 0.1) is 5.92 Å². The van der Waals surface area contributed by atoms with Gasteiger partial charge in [0.25, 0.3) is 29.5 Å². The number of aromatic nitrogens is 1. The predicted molar refractivity (Wildman–Crippen MR) is 230 cm³/mol. The number of imide groups is 2. The lowest BCUT2D eigenvalue weighted by Crippen LogP contribution is -2.54. The minimum absolute atomic E-state index is 0.00421. The lowest BCUT2D eigenvalue weighted by atomic mass is 9.83. The summed E-state index contributed by atoms with van der Waals surface area (Å²) in [5.41, 5.74) is 10.2. The summed E-state index contributed by atoms with van der Waals surface area (Å²) in [5, 5.41) is 11.9. The van der Waals surface area contributed by atoms with E-state index in [0.29, 0.717) is 29.6 Å². The minimum atomic E-state index is -1.14. The number of hydrogen-bond acceptors (Lipinski definition) is 11. The molecular weight excluding hydrogens is 807 g/mol. The Kier molecular flexibility index (Phi) is 12.0. The number of nitrogens with two attached hydrogens (primary N) is 1. The van der Waals surface area contributed by atoms with Crippen LogP contribution in [0.3, 0.4) is 0 Å². The number of nitrogens with one attached hydrogen (secondary N) is 4. The van der Waals surface area contributed by atoms with E-state index in [2.05, 4.69) is 26.3 Å². The number of ketones is 1. The van der Waals surface area contributed by atoms with E-state index in [1.807, 2.05) is 60.7 Å². The highest BCUT2D eigenvalue weighted by Crippen LogP contribution is 2.35. The van der Waals surface area contributed by atoms with Gasteiger partial charge in [0.2, 0.25) is 11.8 Å². The van der Waals surface area contributed by atoms with Crippen LogP contribution in [-0.2, 0) is 19.2 Å². The van der Waals surface area contributed by atoms with E-state index in [0.717, 1.165) is 39.9 Å². The number of fused-ring (bicyclic) bond motifs is 2. The van der Waals surface area contributed by atoms with Crippen molar-refractivity contribution in [2.75, 3.05) is 18.5 Å². The fourth-order valence-corrected chi connectivity index (χ4v) is 8.34. The molecule has 1 unspecified atom stereocenters. The normalized spacial score (nSPS) is 18.3. The average molecular weight is 850 g/mol. The minimum Gasteiger partial charge on any atom is -0.483 e. The number of ether oxygens (including phenoxy) is 1. The first-order valence-electron chi connectivity index (χ1n) is 20.6. The molecule has 4 aromatic carbocycles. The second kappa shape index (κ2) is 18.1. The molecule has 2 fully saturated rings. The zero-order valence-electron chi connectivity index (χ0n) is 34.0. The quantitative estimate of drug-likeness (QED) is 0.0970. The van der Waals surface area contributed by atoms with Gasteiger partial charge in [-0.3, -0.25) is 53.6 Å². The van der Waals surface area contributed by atoms with Crippen LogP contribution in [0.2, 0.25) is 0 Å². The molecule has 16 nitrogen and oxygen atoms in total. The van der Waals surface area contributed by atoms with Gasteiger partial charge in [-0.1, -0.05) is 42.5 Å². The summed E-state index contributed by atoms with van der Waals surface area (Å²) in [6.07, 6.45) is 4.57. The summed E-state index contributed by atoms with van der Waals surface area (Å²) in [6.45, 7) is -0.732. The number of rotatable bonds is 14. The molecule has 1 saturated carbocycles. The number of amides is 7. The highest BCUT2D eigenvalue weighted by molar-refractivity contribution is 6.24. The van der Waals surface area contributed by atoms with Crippen LogP contribution in [0.25, 0.3) is 22.0 Å². The van der Waals surface area contributed by atoms with Gasteiger partial charge in [-0.25, -0.2) is 0 Å². The first-order valence-corrected chi connectivity index (χ1v) is 20.6. The zero-order chi connectivity index (χ0) is 44.2. The number of nitrogens with zero attached hydrogens (tertiary/aromatic N) is 2. The first kappa shape index (κ1) is 42.0. The zero-order valence-corrected chi connectivity index (χ0v) is 34.0. The van der Waals surface area contributed by atoms with Crippen molar-refractivity contribution >= 4 is 69.4 Å². The Morgan fingerprint density at radius 2 is 1.57 bits per heavy atom. The summed E-state index contributed by atoms with van der Waals surface area (Å²) >= 11 is 0. The van der Waals surface area contributed by atoms with Crippen LogP contribution in [0.1, 0.15) is 86.4 Å². The van der Waals surface area contributed by atoms with E-state index in [-0.39, 0.29) is 71.9 Å². The number of carbonyl (C=O) groups excluding carboxylic acids is 8. The Labute approximate surface area is 360 Å². The molecule has 2 aliphatic heterocycles. The molecule has 6 N–H and O–H groups in total. The molecule has 0 bridgehead atoms. The van der Waals surface area contributed by atoms with Crippen LogP contribution in [-0.4, -0.2) is 82.3 Å². The van der Waals surface area contributed by atoms with E-state index < -0.39 is 48.1 Å². The number of carbonyl (C=O) groups is 8. The number of para-hydroxylation sites is 1. The Morgan fingerprint density at radius 3 is 2.30 bits per heavy atom. The molecule has 8 rings (SSSR count). The summed E-state index contributed by atoms with van der Waals surface area (Å²) < 4.78 is 5.61. The van der Waals surface area contributed by atoms with Gasteiger partial charge in [-0.2, -0.15) is 0 Å². The molecule has 3 aliphatic rings. The van der Waals surface area contributed by atoms with Gasteiger partial charge in [-0.05, 0) is 97.7 Å². The number of benzene rings is 4. The van der Waals surface area contributed by atoms with Crippen molar-refractivity contribution in [2.45, 2.75) is 57.0 Å². The van der Waals surface area contributed by atoms with Crippen LogP contribution in [0.5, 0.6) is 5.75 Å². The largest absolute Gasteiger partial charge is 0.483 e. The van der Waals surface area contributed by atoms with Crippen molar-refractivity contribution in [3.63, 3.8) is 0 Å². The van der Waals surface area contributed by atoms with Crippen molar-refractivity contribution in [2.24, 2.45) is 11.7 Å². The molecule has 1 saturated heterocycles. The third-order valence-corrected chi connectivity index (χ3v) is 11.6. The molecule has 3 heterocycles. The molecule has 63 heavy (non-hydrogen) atoms. The number of hydrogen-bond donors (Lipinski definition) is 5. The van der Waals surface area contributed by atoms with Crippen LogP contribution in [0.15, 0.2) is 97.2 Å². The van der Waals surface area contributed by atoms with Gasteiger partial charge in [0.15, 0.2) is 12.4 Å². The lowest BCUT2D eigenvalue weighted by Gasteiger charge is -2.28. The summed E-state index contributed by atoms with van der Waals surface area (Å²) in [4.78, 5) is 107. The summed E-state index contributed by atoms with van der Waals surface area (Å²) in [7, 11) is 0. The van der Waals surface area contributed by atoms with Crippen molar-refractivity contribution < 1.29 is 43.1 Å². The second-order valence-electron chi connectivity index (χ2n) is 15.8. The van der Waals surface area contributed by atoms with E-state index >= 15 is 0 Å². The molecule has 5 aromatic rings. The third kappa shape index (κ3) is 9.15. The maximum Gasteiger partial charge on any atom is 0.266 e. The standard InChI is InChI=1S/C47H43N7O9/c48-43(58)35-24-49-36-18-15-29(22-34(36)42(35)51-30-5-2-1-3-6-30)27-11-13-28(14-12-27)44(59)52-31-16-9-26(10-17-31)21-32(55)23-50-40(57)25-63-38-8-4-7-33-41(38)47(62)54(46(33)61)37-19-20-39(56)53-45(37)60/h1-8,11-15,18,22,24,26,31,37H,9-10,16-17,19-21,23,25H2,(H2,48,58)(H,49,51)(H,50,57)(H,52,59)(H,53,56,60). The molecule has 320 valence electrons. The number of piperidine rings is 1. The van der Waals surface area contributed by atoms with Gasteiger partial charge < -0.3 is 26.4 Å². The Morgan fingerprint density at radius 1 is 0.825 bits per heavy atom. The first-order chi connectivity index (χ1) is 30.4. The molecule has 0 spiro atoms. The molecule has 16 heteroatoms. The Balaban J connectivity index is 0.789. The highest BCUT2D eigenvalue weighted by Gasteiger charge is 2.46. The molecule has 1 atom stereocenters. The molecular formula is C47H43N7O9. The maximum atomic E-state index is 13.3. The SMILES string of the molecule is NC(=O)c1cnc2ccc(-c3ccc(C(=O)NC4CCC(CC(=O)CNC(=O)COc5cccc6c5C(=O)N(C5CCC(=O)NC5=O)C6=O)CC4)cc3)cc2c1Nc1ccccc1. The second-order valence-corrected chi connectivity index (χ2v) is 15.8. The van der Waals surface area contributed by atoms with E-state index in [1.165, 1.54) is 24.4 Å². The van der Waals surface area contributed by atoms with Crippen molar-refractivity contribution in [1.29, 1.82) is 0 Å². The van der Waals surface area contributed by atoms with Crippen LogP contribution in [0.4, 0.5) is 11.4 Å². The average Bonchev–Trinajstić information content (AvgIpc) is 3.54. The van der Waals surface area contributed by atoms with Gasteiger partial charge in [0.05, 0.1) is 34.4 Å². The smallest absolute Gasteiger partial charge is 0.266 e. The predicted octanol–water partition coefficient (Wildman–Crippen LogP) is 4.59. The molecule has 1 aliphatic carbocycles. The van der Waals surface area contributed by atoms with Gasteiger partial charge in [-0.15, -0.1) is 0 Å². The van der Waals surface area contributed by atoms with Gasteiger partial charge in [0, 0.05) is 41.7 Å².